The minimum Gasteiger partial charge on any atom is -0.396 e. The van der Waals surface area contributed by atoms with E-state index in [1.165, 1.54) is 0 Å². The molecule has 0 amide bonds. The molecule has 6 aliphatic rings. The molecule has 2 aliphatic heterocycles. The molecule has 0 bridgehead atoms. The predicted octanol–water partition coefficient (Wildman–Crippen LogP) is 6.27. The number of nitrogens with zero attached hydrogens (tertiary/aromatic N) is 1. The average molecular weight is 604 g/mol. The van der Waals surface area contributed by atoms with Gasteiger partial charge in [-0.3, -0.25) is 0 Å². The zero-order valence-corrected chi connectivity index (χ0v) is 28.3. The van der Waals surface area contributed by atoms with E-state index in [1.807, 2.05) is 48.5 Å². The Morgan fingerprint density at radius 1 is 0.953 bits per heavy atom. The van der Waals surface area contributed by atoms with Crippen molar-refractivity contribution in [3.05, 3.63) is 11.6 Å². The smallest absolute Gasteiger partial charge is 0.164 e. The van der Waals surface area contributed by atoms with Gasteiger partial charge in [0.25, 0.3) is 0 Å². The first kappa shape index (κ1) is 31.9. The van der Waals surface area contributed by atoms with Gasteiger partial charge in [-0.1, -0.05) is 19.0 Å². The first-order chi connectivity index (χ1) is 19.8. The van der Waals surface area contributed by atoms with E-state index < -0.39 is 33.8 Å². The lowest BCUT2D eigenvalue weighted by atomic mass is 9.45. The molecule has 2 saturated heterocycles. The molecule has 6 rings (SSSR count). The molecular weight excluding hydrogens is 546 g/mol. The van der Waals surface area contributed by atoms with Gasteiger partial charge in [0.05, 0.1) is 40.8 Å². The zero-order valence-electron chi connectivity index (χ0n) is 28.3. The van der Waals surface area contributed by atoms with Crippen molar-refractivity contribution < 1.29 is 34.0 Å². The Morgan fingerprint density at radius 2 is 1.65 bits per heavy atom. The molecule has 4 aliphatic carbocycles. The second-order valence-electron chi connectivity index (χ2n) is 16.8. The molecule has 0 unspecified atom stereocenters. The lowest BCUT2D eigenvalue weighted by Crippen LogP contribution is -2.62. The molecule has 3 saturated carbocycles. The second-order valence-corrected chi connectivity index (χ2v) is 16.8. The standard InChI is InChI=1S/C35H57NO7/c1-11-39-36-24-18-22-21(32(8)20-26-25(19-23(24)32)40-30(4,5)41-26)12-16-33(9)27(13-17-35(22,33)38)34(10)28(14-15-29(2,3)37)42-31(6,7)43-34/h18,21,23,25-28,37-38H,11-17,19-20H2,1-10H3/b36-24+/t21-,23-,25+,26-,27-,28+,32+,33+,34+,35+/m0/s1. The summed E-state index contributed by atoms with van der Waals surface area (Å²) in [5, 5.41) is 28.3. The summed E-state index contributed by atoms with van der Waals surface area (Å²) in [6, 6.07) is 0. The van der Waals surface area contributed by atoms with Crippen molar-refractivity contribution in [2.75, 3.05) is 6.61 Å². The summed E-state index contributed by atoms with van der Waals surface area (Å²) < 4.78 is 26.2. The van der Waals surface area contributed by atoms with Crippen molar-refractivity contribution in [1.29, 1.82) is 0 Å². The van der Waals surface area contributed by atoms with Crippen LogP contribution in [-0.2, 0) is 23.8 Å². The Balaban J connectivity index is 1.37. The molecule has 43 heavy (non-hydrogen) atoms. The number of ether oxygens (including phenoxy) is 4. The third-order valence-corrected chi connectivity index (χ3v) is 12.5. The Kier molecular flexibility index (Phi) is 7.41. The summed E-state index contributed by atoms with van der Waals surface area (Å²) in [7, 11) is 0. The number of hydrogen-bond donors (Lipinski definition) is 2. The van der Waals surface area contributed by atoms with Crippen molar-refractivity contribution in [2.24, 2.45) is 33.7 Å². The maximum absolute atomic E-state index is 13.0. The van der Waals surface area contributed by atoms with E-state index in [4.69, 9.17) is 28.9 Å². The molecule has 2 heterocycles. The number of rotatable bonds is 6. The van der Waals surface area contributed by atoms with Crippen molar-refractivity contribution in [3.63, 3.8) is 0 Å². The highest BCUT2D eigenvalue weighted by Crippen LogP contribution is 2.70. The van der Waals surface area contributed by atoms with Crippen molar-refractivity contribution in [2.45, 2.75) is 167 Å². The van der Waals surface area contributed by atoms with Gasteiger partial charge in [0.2, 0.25) is 0 Å². The fourth-order valence-corrected chi connectivity index (χ4v) is 10.7. The van der Waals surface area contributed by atoms with Gasteiger partial charge in [-0.2, -0.15) is 0 Å². The van der Waals surface area contributed by atoms with Gasteiger partial charge in [0.1, 0.15) is 6.61 Å². The van der Waals surface area contributed by atoms with Crippen molar-refractivity contribution in [1.82, 2.24) is 0 Å². The molecule has 0 aromatic rings. The monoisotopic (exact) mass is 603 g/mol. The summed E-state index contributed by atoms with van der Waals surface area (Å²) in [6.07, 6.45) is 8.56. The number of allylic oxidation sites excluding steroid dienone is 1. The molecule has 8 nitrogen and oxygen atoms in total. The summed E-state index contributed by atoms with van der Waals surface area (Å²) in [4.78, 5) is 5.71. The van der Waals surface area contributed by atoms with Gasteiger partial charge < -0.3 is 34.0 Å². The third-order valence-electron chi connectivity index (χ3n) is 12.5. The van der Waals surface area contributed by atoms with Crippen LogP contribution in [0.2, 0.25) is 0 Å². The Hall–Kier alpha value is -1.03. The normalized spacial score (nSPS) is 49.2. The van der Waals surface area contributed by atoms with Gasteiger partial charge in [-0.05, 0) is 136 Å². The highest BCUT2D eigenvalue weighted by Gasteiger charge is 2.71. The van der Waals surface area contributed by atoms with E-state index in [9.17, 15) is 10.2 Å². The van der Waals surface area contributed by atoms with Crippen LogP contribution >= 0.6 is 0 Å². The molecule has 5 fully saturated rings. The van der Waals surface area contributed by atoms with Crippen LogP contribution in [0.15, 0.2) is 16.8 Å². The van der Waals surface area contributed by atoms with Crippen LogP contribution in [0.25, 0.3) is 0 Å². The molecule has 0 aromatic heterocycles. The van der Waals surface area contributed by atoms with Gasteiger partial charge in [0.15, 0.2) is 11.6 Å². The first-order valence-corrected chi connectivity index (χ1v) is 16.9. The molecular formula is C35H57NO7. The highest BCUT2D eigenvalue weighted by atomic mass is 16.8. The molecule has 0 aromatic carbocycles. The number of oxime groups is 1. The largest absolute Gasteiger partial charge is 0.396 e. The van der Waals surface area contributed by atoms with Gasteiger partial charge in [-0.25, -0.2) is 0 Å². The van der Waals surface area contributed by atoms with Crippen LogP contribution in [0.4, 0.5) is 0 Å². The number of aliphatic hydroxyl groups is 2. The van der Waals surface area contributed by atoms with Crippen LogP contribution in [-0.4, -0.2) is 69.2 Å². The summed E-state index contributed by atoms with van der Waals surface area (Å²) in [5.41, 5.74) is -0.867. The third kappa shape index (κ3) is 4.96. The lowest BCUT2D eigenvalue weighted by molar-refractivity contribution is -0.189. The summed E-state index contributed by atoms with van der Waals surface area (Å²) in [6.45, 7) is 21.0. The Labute approximate surface area is 258 Å². The summed E-state index contributed by atoms with van der Waals surface area (Å²) >= 11 is 0. The fraction of sp³-hybridized carbons (Fsp3) is 0.914. The topological polar surface area (TPSA) is 99.0 Å². The fourth-order valence-electron chi connectivity index (χ4n) is 10.7. The lowest BCUT2D eigenvalue weighted by Gasteiger charge is -2.61. The number of hydrogen-bond acceptors (Lipinski definition) is 8. The van der Waals surface area contributed by atoms with E-state index in [2.05, 4.69) is 26.8 Å². The highest BCUT2D eigenvalue weighted by molar-refractivity contribution is 5.99. The van der Waals surface area contributed by atoms with E-state index >= 15 is 0 Å². The van der Waals surface area contributed by atoms with Gasteiger partial charge >= 0.3 is 0 Å². The van der Waals surface area contributed by atoms with Crippen LogP contribution in [0.1, 0.15) is 121 Å². The molecule has 2 N–H and O–H groups in total. The van der Waals surface area contributed by atoms with Crippen molar-refractivity contribution >= 4 is 5.71 Å². The molecule has 244 valence electrons. The van der Waals surface area contributed by atoms with Crippen LogP contribution in [0.3, 0.4) is 0 Å². The van der Waals surface area contributed by atoms with Crippen molar-refractivity contribution in [3.8, 4) is 0 Å². The average Bonchev–Trinajstić information content (AvgIpc) is 3.42. The Bertz CT molecular complexity index is 1170. The molecule has 0 spiro atoms. The zero-order chi connectivity index (χ0) is 31.4. The SMILES string of the molecule is CCO/N=C1\C=C2[C@H](CC[C@]3(C)[C@@H]([C@@]4(C)OC(C)(C)O[C@@H]4CCC(C)(C)O)CC[C@@]23O)[C@@]2(C)C[C@@H]3OC(C)(C)O[C@@H]3C[C@@H]12. The first-order valence-electron chi connectivity index (χ1n) is 16.9. The number of fused-ring (bicyclic) bond motifs is 6. The van der Waals surface area contributed by atoms with E-state index in [-0.39, 0.29) is 41.5 Å². The Morgan fingerprint density at radius 3 is 2.33 bits per heavy atom. The maximum atomic E-state index is 13.0. The van der Waals surface area contributed by atoms with Crippen LogP contribution in [0, 0.1) is 28.6 Å². The van der Waals surface area contributed by atoms with E-state index in [1.54, 1.807) is 0 Å². The van der Waals surface area contributed by atoms with Gasteiger partial charge in [-0.15, -0.1) is 0 Å². The second kappa shape index (κ2) is 9.98. The minimum absolute atomic E-state index is 0.0323. The molecule has 10 atom stereocenters. The maximum Gasteiger partial charge on any atom is 0.164 e. The quantitative estimate of drug-likeness (QED) is 0.345. The van der Waals surface area contributed by atoms with Crippen LogP contribution < -0.4 is 0 Å². The minimum atomic E-state index is -0.995. The molecule has 0 radical (unpaired) electrons. The van der Waals surface area contributed by atoms with E-state index in [0.29, 0.717) is 25.9 Å². The molecule has 8 heteroatoms. The van der Waals surface area contributed by atoms with Gasteiger partial charge in [0, 0.05) is 11.3 Å². The van der Waals surface area contributed by atoms with Crippen LogP contribution in [0.5, 0.6) is 0 Å². The summed E-state index contributed by atoms with van der Waals surface area (Å²) in [5.74, 6) is -0.845. The predicted molar refractivity (Wildman–Crippen MR) is 164 cm³/mol. The van der Waals surface area contributed by atoms with E-state index in [0.717, 1.165) is 43.4 Å².